The quantitative estimate of drug-likeness (QED) is 0.0113. The number of Topliss-reactive ketones (excluding diaryl/α,β-unsaturated/α-hetero) is 1. The molecule has 0 radical (unpaired) electrons. The van der Waals surface area contributed by atoms with Gasteiger partial charge in [0.05, 0.1) is 45.4 Å². The molecule has 0 saturated carbocycles. The first-order valence-electron chi connectivity index (χ1n) is 36.5. The predicted molar refractivity (Wildman–Crippen MR) is 397 cm³/mol. The van der Waals surface area contributed by atoms with Gasteiger partial charge in [0, 0.05) is 54.0 Å². The molecule has 4 rings (SSSR count). The highest BCUT2D eigenvalue weighted by atomic mass is 16.5. The van der Waals surface area contributed by atoms with Crippen LogP contribution in [-0.4, -0.2) is 242 Å². The van der Waals surface area contributed by atoms with Crippen molar-refractivity contribution >= 4 is 135 Å². The van der Waals surface area contributed by atoms with Crippen molar-refractivity contribution in [3.63, 3.8) is 0 Å². The van der Waals surface area contributed by atoms with Crippen LogP contribution in [0.15, 0.2) is 54.7 Å². The maximum Gasteiger partial charge on any atom is 0.329 e. The number of aliphatic hydroxyl groups is 1. The SMILES string of the molecule is CCCCCCCCCC(=O)N[C@@H](Cc1c[nH]c2ccccc12)C(=O)N[C@@H](CC(N)=O)C(=O)N[C@@H](CC(=O)O)C(=O)N[C@@H]1C(=O)NCC(=O)N[C@@H](CCCN)C(=O)N[C@@H](CC(N)=O)C(=O)N[C@H](C)C(=O)N[C@@H](CC(=O)O)C(=O)NCC(=O)N[C@H](CO)C(=O)N[C@@H](CCC(=O)O)C(=O)N[C@@H](CC(=O)c2ccccc2N)C(=O)O[C@@H]1C. The van der Waals surface area contributed by atoms with Gasteiger partial charge >= 0.3 is 23.9 Å². The van der Waals surface area contributed by atoms with Gasteiger partial charge < -0.3 is 122 Å². The van der Waals surface area contributed by atoms with Gasteiger partial charge in [0.2, 0.25) is 88.6 Å². The minimum absolute atomic E-state index is 0.0147. The van der Waals surface area contributed by atoms with Crippen LogP contribution in [0, 0.1) is 0 Å². The summed E-state index contributed by atoms with van der Waals surface area (Å²) in [7, 11) is 0. The Balaban J connectivity index is 1.86. The maximum atomic E-state index is 14.8. The van der Waals surface area contributed by atoms with E-state index in [1.54, 1.807) is 30.5 Å². The number of carbonyl (C=O) groups is 20. The number of aliphatic hydroxyl groups excluding tert-OH is 1. The Hall–Kier alpha value is -12.7. The number of aromatic nitrogens is 1. The number of anilines is 1. The van der Waals surface area contributed by atoms with Gasteiger partial charge in [-0.05, 0) is 69.8 Å². The number of unbranched alkanes of at least 4 members (excludes halogenated alkanes) is 6. The number of carboxylic acid groups (broad SMARTS) is 3. The fraction of sp³-hybridized carbons (Fsp3) is 0.521. The highest BCUT2D eigenvalue weighted by Gasteiger charge is 2.40. The Labute approximate surface area is 651 Å². The molecule has 43 nitrogen and oxygen atoms in total. The van der Waals surface area contributed by atoms with E-state index in [1.165, 1.54) is 24.3 Å². The second-order valence-electron chi connectivity index (χ2n) is 26.8. The summed E-state index contributed by atoms with van der Waals surface area (Å²) in [5.74, 6) is -27.4. The summed E-state index contributed by atoms with van der Waals surface area (Å²) in [5.41, 5.74) is 23.5. The number of ketones is 1. The number of nitrogens with one attached hydrogen (secondary N) is 14. The fourth-order valence-corrected chi connectivity index (χ4v) is 11.5. The van der Waals surface area contributed by atoms with Gasteiger partial charge in [-0.3, -0.25) is 91.1 Å². The summed E-state index contributed by atoms with van der Waals surface area (Å²) >= 11 is 0. The third kappa shape index (κ3) is 32.3. The molecule has 43 heteroatoms. The molecule has 1 fully saturated rings. The molecule has 0 bridgehead atoms. The Morgan fingerprint density at radius 1 is 0.526 bits per heavy atom. The number of fused-ring (bicyclic) bond motifs is 1. The average molecular weight is 1610 g/mol. The zero-order chi connectivity index (χ0) is 84.9. The topological polar surface area (TPSA) is 708 Å². The number of carboxylic acids is 3. The lowest BCUT2D eigenvalue weighted by Gasteiger charge is -2.29. The number of primary amides is 2. The number of esters is 1. The van der Waals surface area contributed by atoms with Gasteiger partial charge in [-0.1, -0.05) is 75.8 Å². The van der Waals surface area contributed by atoms with Gasteiger partial charge in [-0.2, -0.15) is 0 Å². The molecule has 0 aliphatic carbocycles. The average Bonchev–Trinajstić information content (AvgIpc) is 1.64. The Kier molecular flexibility index (Phi) is 39.0. The number of carbonyl (C=O) groups excluding carboxylic acids is 17. The first-order chi connectivity index (χ1) is 53.9. The monoisotopic (exact) mass is 1600 g/mol. The molecule has 2 aromatic carbocycles. The highest BCUT2D eigenvalue weighted by Crippen LogP contribution is 2.21. The first kappa shape index (κ1) is 93.7. The third-order valence-corrected chi connectivity index (χ3v) is 17.5. The fourth-order valence-electron chi connectivity index (χ4n) is 11.5. The number of para-hydroxylation sites is 2. The number of aliphatic carboxylic acids is 3. The molecular formula is C71H100N18O25. The largest absolute Gasteiger partial charge is 0.481 e. The smallest absolute Gasteiger partial charge is 0.329 e. The van der Waals surface area contributed by atoms with Crippen LogP contribution in [0.1, 0.15) is 146 Å². The Morgan fingerprint density at radius 3 is 1.68 bits per heavy atom. The molecule has 0 unspecified atom stereocenters. The molecule has 1 saturated heterocycles. The van der Waals surface area contributed by atoms with E-state index in [2.05, 4.69) is 65.1 Å². The van der Waals surface area contributed by atoms with Gasteiger partial charge in [-0.25, -0.2) is 4.79 Å². The zero-order valence-corrected chi connectivity index (χ0v) is 62.9. The number of amides is 15. The van der Waals surface area contributed by atoms with E-state index in [0.29, 0.717) is 29.3 Å². The minimum atomic E-state index is -2.43. The van der Waals surface area contributed by atoms with Gasteiger partial charge in [0.1, 0.15) is 72.6 Å². The zero-order valence-electron chi connectivity index (χ0n) is 62.9. The molecule has 1 aromatic heterocycles. The molecule has 12 atom stereocenters. The summed E-state index contributed by atoms with van der Waals surface area (Å²) in [6.45, 7) is 0.131. The summed E-state index contributed by atoms with van der Waals surface area (Å²) in [5, 5.41) is 68.7. The molecule has 15 amide bonds. The number of H-pyrrole nitrogens is 1. The first-order valence-corrected chi connectivity index (χ1v) is 36.5. The van der Waals surface area contributed by atoms with Crippen LogP contribution in [0.3, 0.4) is 0 Å². The summed E-state index contributed by atoms with van der Waals surface area (Å²) in [6.07, 6.45) is -2.81. The van der Waals surface area contributed by atoms with Crippen LogP contribution in [0.5, 0.6) is 0 Å². The number of hydrogen-bond acceptors (Lipinski definition) is 24. The second-order valence-corrected chi connectivity index (χ2v) is 26.8. The van der Waals surface area contributed by atoms with Crippen LogP contribution in [0.25, 0.3) is 10.9 Å². The van der Waals surface area contributed by atoms with E-state index in [1.807, 2.05) is 16.0 Å². The normalized spacial score (nSPS) is 21.0. The minimum Gasteiger partial charge on any atom is -0.481 e. The number of benzene rings is 2. The van der Waals surface area contributed by atoms with E-state index in [-0.39, 0.29) is 43.5 Å². The molecule has 2 heterocycles. The Bertz CT molecular complexity index is 4000. The van der Waals surface area contributed by atoms with Crippen LogP contribution >= 0.6 is 0 Å². The molecule has 0 spiro atoms. The standard InChI is InChI=1S/C71H100N18O25/c1-4-5-6-7-8-9-10-21-54(94)81-44(25-37-31-76-41-19-14-12-16-38(37)41)66(108)86-46(28-53(75)93)67(109)87-48(30-59(101)102)68(110)89-60-36(3)114-71(113)49(26-51(91)39-17-11-13-18-40(39)73)88-64(106)43(22-23-57(97)98)83-69(111)50(34-90)82-56(96)32-77-62(104)47(29-58(99)100)84-61(103)35(2)79-65(107)45(27-52(74)92)85-63(105)42(20-15-24-72)80-55(95)33-78-70(60)112/h11-14,16-19,31,35-36,42-50,60,76,90H,4-10,15,20-30,32-34,72-73H2,1-3H3,(H2,74,92)(H2,75,93)(H,77,104)(H,78,112)(H,79,107)(H,80,95)(H,81,94)(H,82,96)(H,83,111)(H,84,103)(H,85,105)(H,86,108)(H,87,109)(H,88,106)(H,89,110)(H,97,98)(H,99,100)(H,101,102)/t35-,36-,42+,43+,44+,45+,46+,47+,48+,49+,50-,60+/m1/s1. The van der Waals surface area contributed by atoms with Gasteiger partial charge in [0.25, 0.3) is 0 Å². The lowest BCUT2D eigenvalue weighted by atomic mass is 10.0. The Morgan fingerprint density at radius 2 is 1.07 bits per heavy atom. The number of aromatic amines is 1. The van der Waals surface area contributed by atoms with E-state index in [0.717, 1.165) is 46.0 Å². The van der Waals surface area contributed by atoms with Crippen molar-refractivity contribution < 1.29 is 121 Å². The molecule has 114 heavy (non-hydrogen) atoms. The maximum absolute atomic E-state index is 14.8. The van der Waals surface area contributed by atoms with Gasteiger partial charge in [0.15, 0.2) is 5.78 Å². The van der Waals surface area contributed by atoms with Crippen molar-refractivity contribution in [2.24, 2.45) is 17.2 Å². The number of hydrogen-bond donors (Lipinski definition) is 22. The second kappa shape index (κ2) is 47.5. The van der Waals surface area contributed by atoms with Crippen LogP contribution in [0.4, 0.5) is 5.69 Å². The summed E-state index contributed by atoms with van der Waals surface area (Å²) in [6, 6.07) is -10.2. The molecule has 1 aliphatic heterocycles. The van der Waals surface area contributed by atoms with Crippen molar-refractivity contribution in [2.45, 2.75) is 209 Å². The van der Waals surface area contributed by atoms with E-state index < -0.39 is 255 Å². The molecule has 26 N–H and O–H groups in total. The lowest BCUT2D eigenvalue weighted by molar-refractivity contribution is -0.156. The van der Waals surface area contributed by atoms with Crippen molar-refractivity contribution in [2.75, 3.05) is 32.0 Å². The molecular weight excluding hydrogens is 1500 g/mol. The van der Waals surface area contributed by atoms with Crippen molar-refractivity contribution in [3.05, 3.63) is 65.9 Å². The highest BCUT2D eigenvalue weighted by molar-refractivity contribution is 6.05. The van der Waals surface area contributed by atoms with Crippen LogP contribution in [0.2, 0.25) is 0 Å². The predicted octanol–water partition coefficient (Wildman–Crippen LogP) is -6.47. The number of rotatable bonds is 35. The molecule has 624 valence electrons. The lowest BCUT2D eigenvalue weighted by Crippen LogP contribution is -2.61. The number of cyclic esters (lactones) is 1. The van der Waals surface area contributed by atoms with E-state index in [4.69, 9.17) is 27.7 Å². The summed E-state index contributed by atoms with van der Waals surface area (Å²) < 4.78 is 5.66. The molecule has 3 aromatic rings. The molecule has 1 aliphatic rings. The van der Waals surface area contributed by atoms with E-state index >= 15 is 0 Å². The van der Waals surface area contributed by atoms with E-state index in [9.17, 15) is 116 Å². The van der Waals surface area contributed by atoms with Gasteiger partial charge in [-0.15, -0.1) is 0 Å². The van der Waals surface area contributed by atoms with Crippen LogP contribution < -0.4 is 92.1 Å². The van der Waals surface area contributed by atoms with Crippen molar-refractivity contribution in [1.29, 1.82) is 0 Å². The third-order valence-electron chi connectivity index (χ3n) is 17.5. The number of nitrogen functional groups attached to an aromatic ring is 1. The number of nitrogens with two attached hydrogens (primary N) is 4. The summed E-state index contributed by atoms with van der Waals surface area (Å²) in [4.78, 5) is 275. The number of ether oxygens (including phenoxy) is 1. The van der Waals surface area contributed by atoms with Crippen LogP contribution in [-0.2, 0) is 102 Å². The van der Waals surface area contributed by atoms with Crippen molar-refractivity contribution in [3.8, 4) is 0 Å². The van der Waals surface area contributed by atoms with Crippen molar-refractivity contribution in [1.82, 2.24) is 74.1 Å².